The minimum Gasteiger partial charge on any atom is -0.497 e. The number of halogens is 6. The van der Waals surface area contributed by atoms with Crippen molar-refractivity contribution < 1.29 is 38.5 Å². The molecule has 0 saturated carbocycles. The first-order chi connectivity index (χ1) is 16.5. The molecule has 1 amide bonds. The van der Waals surface area contributed by atoms with Crippen LogP contribution in [0.3, 0.4) is 0 Å². The van der Waals surface area contributed by atoms with Gasteiger partial charge in [-0.25, -0.2) is 9.48 Å². The molecule has 2 aromatic heterocycles. The number of rotatable bonds is 8. The average molecular weight is 559 g/mol. The molecule has 3 rings (SSSR count). The smallest absolute Gasteiger partial charge is 0.415 e. The molecule has 0 spiro atoms. The lowest BCUT2D eigenvalue weighted by Gasteiger charge is -2.40. The van der Waals surface area contributed by atoms with E-state index in [0.29, 0.717) is 13.1 Å². The van der Waals surface area contributed by atoms with Crippen molar-refractivity contribution in [2.75, 3.05) is 20.2 Å². The topological polar surface area (TPSA) is 115 Å². The Hall–Kier alpha value is -3.40. The maximum atomic E-state index is 13.3. The van der Waals surface area contributed by atoms with Crippen molar-refractivity contribution in [1.82, 2.24) is 24.3 Å². The molecular weight excluding hydrogens is 539 g/mol. The van der Waals surface area contributed by atoms with Crippen molar-refractivity contribution >= 4 is 39.3 Å². The van der Waals surface area contributed by atoms with E-state index in [9.17, 15) is 29.0 Å². The Balaban J connectivity index is 2.03. The first kappa shape index (κ1) is 27.2. The van der Waals surface area contributed by atoms with E-state index < -0.39 is 50.5 Å². The summed E-state index contributed by atoms with van der Waals surface area (Å²) in [5, 5.41) is 15.9. The molecule has 3 aromatic rings. The summed E-state index contributed by atoms with van der Waals surface area (Å²) in [4.78, 5) is 24.1. The molecule has 10 nitrogen and oxygen atoms in total. The standard InChI is InChI=1S/C19H20ClF5N6O4S/c1-4-29(5-2)19(33)35-15-9-16(20)27-31-17(15)28-30(18(31)26)10-14(32)11-6-12(34-3)8-13(7-11)36(21,22,23,24)25/h6-9,26H,4-5,10H2,1-3H3. The lowest BCUT2D eigenvalue weighted by atomic mass is 10.1. The van der Waals surface area contributed by atoms with Crippen molar-refractivity contribution in [2.45, 2.75) is 25.3 Å². The molecule has 0 saturated heterocycles. The third-order valence-corrected chi connectivity index (χ3v) is 6.23. The molecule has 1 aromatic carbocycles. The number of ether oxygens (including phenoxy) is 2. The third kappa shape index (κ3) is 5.70. The normalized spacial score (nSPS) is 13.7. The van der Waals surface area contributed by atoms with E-state index in [2.05, 4.69) is 14.9 Å². The van der Waals surface area contributed by atoms with Crippen LogP contribution in [0.25, 0.3) is 5.65 Å². The van der Waals surface area contributed by atoms with Gasteiger partial charge in [0, 0.05) is 30.8 Å². The first-order valence-corrected chi connectivity index (χ1v) is 12.4. The fourth-order valence-corrected chi connectivity index (χ4v) is 3.95. The molecule has 17 heteroatoms. The van der Waals surface area contributed by atoms with Gasteiger partial charge in [0.2, 0.25) is 11.3 Å². The summed E-state index contributed by atoms with van der Waals surface area (Å²) in [6.07, 6.45) is -0.749. The van der Waals surface area contributed by atoms with E-state index in [0.717, 1.165) is 28.4 Å². The van der Waals surface area contributed by atoms with Gasteiger partial charge in [0.05, 0.1) is 7.11 Å². The quantitative estimate of drug-likeness (QED) is 0.305. The van der Waals surface area contributed by atoms with Crippen molar-refractivity contribution in [3.8, 4) is 11.5 Å². The van der Waals surface area contributed by atoms with Crippen molar-refractivity contribution in [3.05, 3.63) is 40.6 Å². The number of amides is 1. The number of hydrogen-bond donors (Lipinski definition) is 1. The Morgan fingerprint density at radius 3 is 2.28 bits per heavy atom. The van der Waals surface area contributed by atoms with Crippen LogP contribution in [0.2, 0.25) is 5.15 Å². The SMILES string of the molecule is CCN(CC)C(=O)Oc1cc(Cl)nn2c(=N)n(CC(=O)c3cc(OC)cc(S(F)(F)(F)(F)F)c3)nc12. The van der Waals surface area contributed by atoms with Gasteiger partial charge in [-0.1, -0.05) is 31.0 Å². The van der Waals surface area contributed by atoms with Crippen LogP contribution in [0, 0.1) is 5.41 Å². The molecule has 0 bridgehead atoms. The number of carbonyl (C=O) groups is 2. The second kappa shape index (κ2) is 8.62. The minimum atomic E-state index is -10.1. The lowest BCUT2D eigenvalue weighted by molar-refractivity contribution is 0.0964. The average Bonchev–Trinajstić information content (AvgIpc) is 3.08. The van der Waals surface area contributed by atoms with E-state index in [1.807, 2.05) is 0 Å². The Bertz CT molecular complexity index is 1420. The number of hydrogen-bond acceptors (Lipinski definition) is 7. The predicted octanol–water partition coefficient (Wildman–Crippen LogP) is 5.05. The highest BCUT2D eigenvalue weighted by Gasteiger charge is 2.65. The molecule has 198 valence electrons. The van der Waals surface area contributed by atoms with E-state index in [1.54, 1.807) is 13.8 Å². The number of Topliss-reactive ketones (excluding diaryl/α,β-unsaturated/α-hetero) is 1. The number of fused-ring (bicyclic) bond motifs is 1. The second-order valence-corrected chi connectivity index (χ2v) is 10.2. The van der Waals surface area contributed by atoms with Gasteiger partial charge in [-0.3, -0.25) is 10.2 Å². The summed E-state index contributed by atoms with van der Waals surface area (Å²) in [6.45, 7) is 3.27. The first-order valence-electron chi connectivity index (χ1n) is 10.1. The van der Waals surface area contributed by atoms with Crippen molar-refractivity contribution in [3.63, 3.8) is 0 Å². The van der Waals surface area contributed by atoms with Gasteiger partial charge in [-0.15, -0.1) is 5.10 Å². The maximum Gasteiger partial charge on any atom is 0.415 e. The molecule has 0 aliphatic carbocycles. The third-order valence-electron chi connectivity index (χ3n) is 4.92. The van der Waals surface area contributed by atoms with Gasteiger partial charge in [0.15, 0.2) is 16.7 Å². The number of benzene rings is 1. The van der Waals surface area contributed by atoms with Crippen molar-refractivity contribution in [2.24, 2.45) is 0 Å². The van der Waals surface area contributed by atoms with Crippen molar-refractivity contribution in [1.29, 1.82) is 5.41 Å². The molecular formula is C19H20ClF5N6O4S. The fraction of sp³-hybridized carbons (Fsp3) is 0.316. The highest BCUT2D eigenvalue weighted by Crippen LogP contribution is 3.02. The van der Waals surface area contributed by atoms with Crippen LogP contribution in [0.15, 0.2) is 29.2 Å². The van der Waals surface area contributed by atoms with E-state index >= 15 is 0 Å². The maximum absolute atomic E-state index is 13.3. The number of methoxy groups -OCH3 is 1. The van der Waals surface area contributed by atoms with Crippen LogP contribution in [-0.2, 0) is 6.54 Å². The zero-order valence-electron chi connectivity index (χ0n) is 19.0. The minimum absolute atomic E-state index is 0.0127. The number of nitrogens with one attached hydrogen (secondary N) is 1. The number of aromatic nitrogens is 4. The molecule has 0 aliphatic heterocycles. The summed E-state index contributed by atoms with van der Waals surface area (Å²) in [5.74, 6) is -1.91. The van der Waals surface area contributed by atoms with Gasteiger partial charge in [-0.05, 0) is 26.0 Å². The van der Waals surface area contributed by atoms with Crippen LogP contribution in [0.4, 0.5) is 24.2 Å². The summed E-state index contributed by atoms with van der Waals surface area (Å²) in [6, 6.07) is 2.11. The number of nitrogens with zero attached hydrogens (tertiary/aromatic N) is 5. The molecule has 0 radical (unpaired) electrons. The molecule has 0 aliphatic rings. The largest absolute Gasteiger partial charge is 0.497 e. The van der Waals surface area contributed by atoms with E-state index in [1.165, 1.54) is 4.90 Å². The Morgan fingerprint density at radius 1 is 1.08 bits per heavy atom. The number of ketones is 1. The van der Waals surface area contributed by atoms with Gasteiger partial charge >= 0.3 is 16.3 Å². The predicted molar refractivity (Wildman–Crippen MR) is 120 cm³/mol. The Morgan fingerprint density at radius 2 is 1.72 bits per heavy atom. The fourth-order valence-electron chi connectivity index (χ4n) is 3.09. The Kier molecular flexibility index (Phi) is 6.51. The second-order valence-electron chi connectivity index (χ2n) is 7.38. The molecule has 0 unspecified atom stereocenters. The summed E-state index contributed by atoms with van der Waals surface area (Å²) in [5.41, 5.74) is -1.51. The highest BCUT2D eigenvalue weighted by atomic mass is 35.5. The van der Waals surface area contributed by atoms with Crippen LogP contribution in [0.5, 0.6) is 11.5 Å². The van der Waals surface area contributed by atoms with Gasteiger partial charge < -0.3 is 14.4 Å². The van der Waals surface area contributed by atoms with Crippen LogP contribution in [-0.4, -0.2) is 56.4 Å². The zero-order valence-corrected chi connectivity index (χ0v) is 20.5. The summed E-state index contributed by atoms with van der Waals surface area (Å²) >= 11 is 5.94. The van der Waals surface area contributed by atoms with E-state index in [4.69, 9.17) is 21.7 Å². The van der Waals surface area contributed by atoms with Gasteiger partial charge in [0.25, 0.3) is 0 Å². The molecule has 0 atom stereocenters. The number of carbonyl (C=O) groups excluding carboxylic acids is 2. The van der Waals surface area contributed by atoms with Crippen LogP contribution >= 0.6 is 21.8 Å². The van der Waals surface area contributed by atoms with Gasteiger partial charge in [-0.2, -0.15) is 9.61 Å². The highest BCUT2D eigenvalue weighted by molar-refractivity contribution is 8.45. The summed E-state index contributed by atoms with van der Waals surface area (Å²) < 4.78 is 78.3. The van der Waals surface area contributed by atoms with Crippen LogP contribution < -0.4 is 15.1 Å². The Labute approximate surface area is 205 Å². The van der Waals surface area contributed by atoms with E-state index in [-0.39, 0.29) is 28.7 Å². The summed E-state index contributed by atoms with van der Waals surface area (Å²) in [7, 11) is -9.18. The molecule has 0 fully saturated rings. The van der Waals surface area contributed by atoms with Gasteiger partial charge in [0.1, 0.15) is 17.2 Å². The zero-order chi connectivity index (χ0) is 27.1. The molecule has 1 N–H and O–H groups in total. The lowest BCUT2D eigenvalue weighted by Crippen LogP contribution is -2.33. The monoisotopic (exact) mass is 558 g/mol. The van der Waals surface area contributed by atoms with Crippen LogP contribution in [0.1, 0.15) is 24.2 Å². The molecule has 36 heavy (non-hydrogen) atoms. The molecule has 2 heterocycles.